The molecular weight excluding hydrogens is 196 g/mol. The first-order valence-corrected chi connectivity index (χ1v) is 4.83. The molecule has 0 aliphatic carbocycles. The molecule has 0 heterocycles. The zero-order valence-electron chi connectivity index (χ0n) is 9.75. The van der Waals surface area contributed by atoms with Crippen molar-refractivity contribution in [1.29, 1.82) is 0 Å². The molecule has 0 atom stereocenters. The van der Waals surface area contributed by atoms with Gasteiger partial charge in [-0.3, -0.25) is 4.79 Å². The van der Waals surface area contributed by atoms with E-state index in [1.165, 1.54) is 0 Å². The predicted molar refractivity (Wildman–Crippen MR) is 56.2 cm³/mol. The molecule has 86 valence electrons. The lowest BCUT2D eigenvalue weighted by Crippen LogP contribution is -2.31. The summed E-state index contributed by atoms with van der Waals surface area (Å²) in [6.45, 7) is 10.4. The van der Waals surface area contributed by atoms with Gasteiger partial charge in [0.2, 0.25) is 0 Å². The maximum Gasteiger partial charge on any atom is 0.333 e. The average molecular weight is 214 g/mol. The largest absolute Gasteiger partial charge is 0.466 e. The van der Waals surface area contributed by atoms with Crippen molar-refractivity contribution in [2.45, 2.75) is 39.7 Å². The van der Waals surface area contributed by atoms with Crippen LogP contribution in [0.2, 0.25) is 0 Å². The summed E-state index contributed by atoms with van der Waals surface area (Å²) in [6, 6.07) is 0. The molecule has 0 rings (SSSR count). The summed E-state index contributed by atoms with van der Waals surface area (Å²) >= 11 is 0. The normalized spacial score (nSPS) is 10.7. The second-order valence-electron chi connectivity index (χ2n) is 3.91. The van der Waals surface area contributed by atoms with E-state index in [0.717, 1.165) is 0 Å². The van der Waals surface area contributed by atoms with Crippen molar-refractivity contribution in [3.05, 3.63) is 12.2 Å². The number of hydrogen-bond donors (Lipinski definition) is 0. The Bertz CT molecular complexity index is 266. The molecule has 0 unspecified atom stereocenters. The molecular formula is C11H18O4. The van der Waals surface area contributed by atoms with E-state index in [1.807, 2.05) is 0 Å². The van der Waals surface area contributed by atoms with Gasteiger partial charge in [-0.25, -0.2) is 4.79 Å². The quantitative estimate of drug-likeness (QED) is 0.517. The number of carbonyl (C=O) groups is 2. The number of rotatable bonds is 5. The van der Waals surface area contributed by atoms with Crippen molar-refractivity contribution in [2.75, 3.05) is 6.61 Å². The van der Waals surface area contributed by atoms with Crippen molar-refractivity contribution >= 4 is 11.9 Å². The first kappa shape index (κ1) is 13.7. The molecule has 0 saturated carbocycles. The topological polar surface area (TPSA) is 52.6 Å². The summed E-state index contributed by atoms with van der Waals surface area (Å²) in [5.41, 5.74) is -0.547. The van der Waals surface area contributed by atoms with Crippen LogP contribution in [0, 0.1) is 0 Å². The van der Waals surface area contributed by atoms with Crippen LogP contribution < -0.4 is 0 Å². The molecule has 0 aromatic rings. The van der Waals surface area contributed by atoms with Crippen LogP contribution in [0.3, 0.4) is 0 Å². The van der Waals surface area contributed by atoms with Crippen molar-refractivity contribution in [3.63, 3.8) is 0 Å². The molecule has 0 aliphatic heterocycles. The Kier molecular flexibility index (Phi) is 5.05. The van der Waals surface area contributed by atoms with Gasteiger partial charge in [0.1, 0.15) is 5.60 Å². The molecule has 0 aromatic heterocycles. The smallest absolute Gasteiger partial charge is 0.333 e. The summed E-state index contributed by atoms with van der Waals surface area (Å²) in [5.74, 6) is -0.874. The third kappa shape index (κ3) is 5.88. The molecule has 0 saturated heterocycles. The standard InChI is InChI=1S/C11H18O4/c1-6-14-9(12)7-11(4,5)15-10(13)8(2)3/h2,6-7H2,1,3-5H3. The summed E-state index contributed by atoms with van der Waals surface area (Å²) in [6.07, 6.45) is 0.0415. The van der Waals surface area contributed by atoms with Crippen LogP contribution in [0.25, 0.3) is 0 Å². The van der Waals surface area contributed by atoms with Gasteiger partial charge >= 0.3 is 11.9 Å². The Morgan fingerprint density at radius 3 is 2.27 bits per heavy atom. The molecule has 0 radical (unpaired) electrons. The number of ether oxygens (including phenoxy) is 2. The SMILES string of the molecule is C=C(C)C(=O)OC(C)(C)CC(=O)OCC. The molecule has 0 spiro atoms. The van der Waals surface area contributed by atoms with Crippen LogP contribution in [-0.4, -0.2) is 24.1 Å². The minimum Gasteiger partial charge on any atom is -0.466 e. The van der Waals surface area contributed by atoms with E-state index in [1.54, 1.807) is 27.7 Å². The first-order chi connectivity index (χ1) is 6.78. The van der Waals surface area contributed by atoms with Gasteiger partial charge in [0.05, 0.1) is 13.0 Å². The molecule has 4 nitrogen and oxygen atoms in total. The zero-order valence-corrected chi connectivity index (χ0v) is 9.75. The van der Waals surface area contributed by atoms with Crippen molar-refractivity contribution in [1.82, 2.24) is 0 Å². The third-order valence-electron chi connectivity index (χ3n) is 1.59. The van der Waals surface area contributed by atoms with E-state index in [4.69, 9.17) is 9.47 Å². The number of esters is 2. The zero-order chi connectivity index (χ0) is 12.1. The fraction of sp³-hybridized carbons (Fsp3) is 0.636. The highest BCUT2D eigenvalue weighted by molar-refractivity contribution is 5.87. The summed E-state index contributed by atoms with van der Waals surface area (Å²) in [7, 11) is 0. The van der Waals surface area contributed by atoms with E-state index >= 15 is 0 Å². The summed E-state index contributed by atoms with van der Waals surface area (Å²) < 4.78 is 9.84. The number of carbonyl (C=O) groups excluding carboxylic acids is 2. The lowest BCUT2D eigenvalue weighted by atomic mass is 10.1. The van der Waals surface area contributed by atoms with Crippen LogP contribution in [0.4, 0.5) is 0 Å². The van der Waals surface area contributed by atoms with Gasteiger partial charge in [-0.2, -0.15) is 0 Å². The van der Waals surface area contributed by atoms with E-state index in [-0.39, 0.29) is 12.4 Å². The van der Waals surface area contributed by atoms with Gasteiger partial charge in [-0.1, -0.05) is 6.58 Å². The fourth-order valence-electron chi connectivity index (χ4n) is 0.934. The maximum absolute atomic E-state index is 11.2. The van der Waals surface area contributed by atoms with Gasteiger partial charge < -0.3 is 9.47 Å². The van der Waals surface area contributed by atoms with Crippen LogP contribution in [-0.2, 0) is 19.1 Å². The monoisotopic (exact) mass is 214 g/mol. The predicted octanol–water partition coefficient (Wildman–Crippen LogP) is 1.84. The molecule has 4 heteroatoms. The van der Waals surface area contributed by atoms with E-state index in [9.17, 15) is 9.59 Å². The van der Waals surface area contributed by atoms with Crippen LogP contribution in [0.1, 0.15) is 34.1 Å². The average Bonchev–Trinajstić information content (AvgIpc) is 2.01. The van der Waals surface area contributed by atoms with Crippen LogP contribution >= 0.6 is 0 Å². The van der Waals surface area contributed by atoms with Crippen LogP contribution in [0.5, 0.6) is 0 Å². The summed E-state index contributed by atoms with van der Waals surface area (Å²) in [4.78, 5) is 22.4. The minimum atomic E-state index is -0.859. The lowest BCUT2D eigenvalue weighted by Gasteiger charge is -2.23. The van der Waals surface area contributed by atoms with Gasteiger partial charge in [-0.15, -0.1) is 0 Å². The highest BCUT2D eigenvalue weighted by Gasteiger charge is 2.27. The summed E-state index contributed by atoms with van der Waals surface area (Å²) in [5, 5.41) is 0. The second kappa shape index (κ2) is 5.53. The van der Waals surface area contributed by atoms with Gasteiger partial charge in [0.15, 0.2) is 0 Å². The van der Waals surface area contributed by atoms with Gasteiger partial charge in [-0.05, 0) is 27.7 Å². The van der Waals surface area contributed by atoms with Crippen molar-refractivity contribution in [2.24, 2.45) is 0 Å². The highest BCUT2D eigenvalue weighted by Crippen LogP contribution is 2.17. The molecule has 0 aliphatic rings. The molecule has 0 aromatic carbocycles. The minimum absolute atomic E-state index is 0.0415. The number of hydrogen-bond acceptors (Lipinski definition) is 4. The lowest BCUT2D eigenvalue weighted by molar-refractivity contribution is -0.159. The van der Waals surface area contributed by atoms with E-state index in [0.29, 0.717) is 12.2 Å². The Labute approximate surface area is 90.2 Å². The van der Waals surface area contributed by atoms with E-state index in [2.05, 4.69) is 6.58 Å². The molecule has 0 bridgehead atoms. The fourth-order valence-corrected chi connectivity index (χ4v) is 0.934. The Balaban J connectivity index is 4.24. The van der Waals surface area contributed by atoms with Crippen molar-refractivity contribution < 1.29 is 19.1 Å². The first-order valence-electron chi connectivity index (χ1n) is 4.83. The Morgan fingerprint density at radius 2 is 1.87 bits per heavy atom. The highest BCUT2D eigenvalue weighted by atomic mass is 16.6. The van der Waals surface area contributed by atoms with Gasteiger partial charge in [0, 0.05) is 5.57 Å². The Morgan fingerprint density at radius 1 is 1.33 bits per heavy atom. The second-order valence-corrected chi connectivity index (χ2v) is 3.91. The molecule has 0 amide bonds. The third-order valence-corrected chi connectivity index (χ3v) is 1.59. The van der Waals surface area contributed by atoms with Crippen molar-refractivity contribution in [3.8, 4) is 0 Å². The molecule has 15 heavy (non-hydrogen) atoms. The Hall–Kier alpha value is -1.32. The van der Waals surface area contributed by atoms with E-state index < -0.39 is 11.6 Å². The van der Waals surface area contributed by atoms with Crippen LogP contribution in [0.15, 0.2) is 12.2 Å². The molecule has 0 N–H and O–H groups in total. The molecule has 0 fully saturated rings. The van der Waals surface area contributed by atoms with Gasteiger partial charge in [0.25, 0.3) is 0 Å². The maximum atomic E-state index is 11.2.